The molecule has 0 saturated heterocycles. The second kappa shape index (κ2) is 3.48. The summed E-state index contributed by atoms with van der Waals surface area (Å²) in [5.74, 6) is -2.44. The first-order valence-corrected chi connectivity index (χ1v) is 4.21. The van der Waals surface area contributed by atoms with E-state index in [0.717, 1.165) is 0 Å². The summed E-state index contributed by atoms with van der Waals surface area (Å²) in [4.78, 5) is 21.5. The second-order valence-corrected chi connectivity index (χ2v) is 3.58. The molecule has 0 spiro atoms. The highest BCUT2D eigenvalue weighted by atomic mass is 16.4. The molecule has 82 valence electrons. The predicted molar refractivity (Wildman–Crippen MR) is 51.7 cm³/mol. The molecule has 0 unspecified atom stereocenters. The molecule has 0 aromatic carbocycles. The standard InChI is InChI=1S/C9H12N2O4/c10-9(11)3-1-8(2-4-9,7(14)15)5-6(12)13/h1-4H,5,10-11H2,(H,12,13)(H,14,15). The Bertz CT molecular complexity index is 341. The Kier molecular flexibility index (Phi) is 2.65. The zero-order chi connectivity index (χ0) is 11.7. The van der Waals surface area contributed by atoms with Crippen molar-refractivity contribution < 1.29 is 19.8 Å². The molecule has 0 fully saturated rings. The van der Waals surface area contributed by atoms with Crippen molar-refractivity contribution >= 4 is 11.9 Å². The van der Waals surface area contributed by atoms with Crippen molar-refractivity contribution in [2.45, 2.75) is 12.1 Å². The normalized spacial score (nSPS) is 21.2. The molecule has 0 bridgehead atoms. The van der Waals surface area contributed by atoms with Crippen molar-refractivity contribution in [1.82, 2.24) is 0 Å². The lowest BCUT2D eigenvalue weighted by atomic mass is 9.79. The smallest absolute Gasteiger partial charge is 0.318 e. The quantitative estimate of drug-likeness (QED) is 0.361. The number of hydrogen-bond donors (Lipinski definition) is 4. The van der Waals surface area contributed by atoms with E-state index in [-0.39, 0.29) is 0 Å². The Balaban J connectivity index is 3.02. The van der Waals surface area contributed by atoms with Gasteiger partial charge in [-0.2, -0.15) is 0 Å². The van der Waals surface area contributed by atoms with Crippen LogP contribution in [0.4, 0.5) is 0 Å². The highest BCUT2D eigenvalue weighted by Crippen LogP contribution is 2.30. The minimum absolute atomic E-state index is 0.536. The molecule has 1 aliphatic carbocycles. The van der Waals surface area contributed by atoms with E-state index in [0.29, 0.717) is 0 Å². The van der Waals surface area contributed by atoms with Crippen LogP contribution in [0.15, 0.2) is 24.3 Å². The maximum atomic E-state index is 11.0. The molecule has 0 aromatic rings. The summed E-state index contributed by atoms with van der Waals surface area (Å²) in [5.41, 5.74) is 8.23. The highest BCUT2D eigenvalue weighted by molar-refractivity contribution is 5.86. The number of carboxylic acid groups (broad SMARTS) is 2. The van der Waals surface area contributed by atoms with Crippen molar-refractivity contribution in [3.63, 3.8) is 0 Å². The van der Waals surface area contributed by atoms with Gasteiger partial charge in [-0.1, -0.05) is 12.2 Å². The number of carboxylic acids is 2. The predicted octanol–water partition coefficient (Wildman–Crippen LogP) is -0.728. The van der Waals surface area contributed by atoms with Gasteiger partial charge in [0.2, 0.25) is 0 Å². The minimum Gasteiger partial charge on any atom is -0.481 e. The van der Waals surface area contributed by atoms with Gasteiger partial charge < -0.3 is 21.7 Å². The molecular weight excluding hydrogens is 200 g/mol. The van der Waals surface area contributed by atoms with Gasteiger partial charge in [0.1, 0.15) is 11.1 Å². The number of hydrogen-bond acceptors (Lipinski definition) is 4. The fraction of sp³-hybridized carbons (Fsp3) is 0.333. The maximum Gasteiger partial charge on any atom is 0.318 e. The van der Waals surface area contributed by atoms with Crippen LogP contribution in [0.2, 0.25) is 0 Å². The van der Waals surface area contributed by atoms with Crippen LogP contribution in [0.3, 0.4) is 0 Å². The molecule has 6 N–H and O–H groups in total. The van der Waals surface area contributed by atoms with E-state index in [9.17, 15) is 9.59 Å². The van der Waals surface area contributed by atoms with Crippen molar-refractivity contribution in [3.8, 4) is 0 Å². The number of aliphatic carboxylic acids is 2. The maximum absolute atomic E-state index is 11.0. The molecular formula is C9H12N2O4. The van der Waals surface area contributed by atoms with Gasteiger partial charge >= 0.3 is 11.9 Å². The topological polar surface area (TPSA) is 127 Å². The van der Waals surface area contributed by atoms with E-state index >= 15 is 0 Å². The van der Waals surface area contributed by atoms with Crippen molar-refractivity contribution in [2.24, 2.45) is 16.9 Å². The molecule has 0 saturated carbocycles. The van der Waals surface area contributed by atoms with Crippen molar-refractivity contribution in [2.75, 3.05) is 0 Å². The molecule has 1 rings (SSSR count). The molecule has 15 heavy (non-hydrogen) atoms. The molecule has 1 aliphatic rings. The zero-order valence-corrected chi connectivity index (χ0v) is 7.88. The van der Waals surface area contributed by atoms with Crippen LogP contribution in [-0.2, 0) is 9.59 Å². The second-order valence-electron chi connectivity index (χ2n) is 3.58. The molecule has 0 aromatic heterocycles. The fourth-order valence-corrected chi connectivity index (χ4v) is 1.28. The van der Waals surface area contributed by atoms with Gasteiger partial charge in [-0.15, -0.1) is 0 Å². The van der Waals surface area contributed by atoms with E-state index in [1.54, 1.807) is 0 Å². The van der Waals surface area contributed by atoms with Crippen LogP contribution in [0.25, 0.3) is 0 Å². The Labute approximate surface area is 85.9 Å². The molecule has 6 nitrogen and oxygen atoms in total. The number of rotatable bonds is 3. The van der Waals surface area contributed by atoms with Crippen molar-refractivity contribution in [1.29, 1.82) is 0 Å². The van der Waals surface area contributed by atoms with Crippen LogP contribution in [0, 0.1) is 5.41 Å². The van der Waals surface area contributed by atoms with Crippen LogP contribution in [-0.4, -0.2) is 27.8 Å². The third-order valence-electron chi connectivity index (χ3n) is 2.18. The first kappa shape index (κ1) is 11.4. The Morgan fingerprint density at radius 2 is 1.53 bits per heavy atom. The fourth-order valence-electron chi connectivity index (χ4n) is 1.28. The lowest BCUT2D eigenvalue weighted by molar-refractivity contribution is -0.150. The third kappa shape index (κ3) is 2.42. The van der Waals surface area contributed by atoms with Crippen LogP contribution < -0.4 is 11.5 Å². The molecule has 0 atom stereocenters. The van der Waals surface area contributed by atoms with E-state index in [4.69, 9.17) is 21.7 Å². The molecule has 6 heteroatoms. The zero-order valence-electron chi connectivity index (χ0n) is 7.88. The Morgan fingerprint density at radius 1 is 1.07 bits per heavy atom. The first-order chi connectivity index (χ1) is 6.77. The lowest BCUT2D eigenvalue weighted by Gasteiger charge is -2.28. The van der Waals surface area contributed by atoms with E-state index in [1.807, 2.05) is 0 Å². The van der Waals surface area contributed by atoms with Gasteiger partial charge in [0.05, 0.1) is 6.42 Å². The Hall–Kier alpha value is -1.66. The van der Waals surface area contributed by atoms with Crippen LogP contribution >= 0.6 is 0 Å². The summed E-state index contributed by atoms with van der Waals surface area (Å²) >= 11 is 0. The van der Waals surface area contributed by atoms with Gasteiger partial charge in [-0.05, 0) is 12.2 Å². The SMILES string of the molecule is NC1(N)C=CC(CC(=O)O)(C(=O)O)C=C1. The number of carbonyl (C=O) groups is 2. The first-order valence-electron chi connectivity index (χ1n) is 4.21. The average Bonchev–Trinajstić information content (AvgIpc) is 2.08. The highest BCUT2D eigenvalue weighted by Gasteiger charge is 2.39. The monoisotopic (exact) mass is 212 g/mol. The lowest BCUT2D eigenvalue weighted by Crippen LogP contribution is -2.48. The number of nitrogens with two attached hydrogens (primary N) is 2. The van der Waals surface area contributed by atoms with Crippen molar-refractivity contribution in [3.05, 3.63) is 24.3 Å². The molecule has 0 aliphatic heterocycles. The van der Waals surface area contributed by atoms with Gasteiger partial charge in [-0.25, -0.2) is 0 Å². The largest absolute Gasteiger partial charge is 0.481 e. The van der Waals surface area contributed by atoms with E-state index < -0.39 is 29.4 Å². The third-order valence-corrected chi connectivity index (χ3v) is 2.18. The average molecular weight is 212 g/mol. The summed E-state index contributed by atoms with van der Waals surface area (Å²) in [5, 5.41) is 17.6. The minimum atomic E-state index is -1.55. The molecule has 0 amide bonds. The van der Waals surface area contributed by atoms with Crippen LogP contribution in [0.5, 0.6) is 0 Å². The van der Waals surface area contributed by atoms with Gasteiger partial charge in [-0.3, -0.25) is 9.59 Å². The van der Waals surface area contributed by atoms with E-state index in [1.165, 1.54) is 24.3 Å². The summed E-state index contributed by atoms with van der Waals surface area (Å²) in [6.07, 6.45) is 4.45. The molecule has 0 radical (unpaired) electrons. The van der Waals surface area contributed by atoms with Gasteiger partial charge in [0.25, 0.3) is 0 Å². The van der Waals surface area contributed by atoms with Gasteiger partial charge in [0.15, 0.2) is 0 Å². The summed E-state index contributed by atoms with van der Waals surface area (Å²) < 4.78 is 0. The summed E-state index contributed by atoms with van der Waals surface area (Å²) in [6.45, 7) is 0. The van der Waals surface area contributed by atoms with E-state index in [2.05, 4.69) is 0 Å². The molecule has 0 heterocycles. The van der Waals surface area contributed by atoms with Gasteiger partial charge in [0, 0.05) is 0 Å². The van der Waals surface area contributed by atoms with Crippen LogP contribution in [0.1, 0.15) is 6.42 Å². The Morgan fingerprint density at radius 3 is 1.87 bits per heavy atom. The summed E-state index contributed by atoms with van der Waals surface area (Å²) in [7, 11) is 0. The summed E-state index contributed by atoms with van der Waals surface area (Å²) in [6, 6.07) is 0.